The van der Waals surface area contributed by atoms with Gasteiger partial charge in [-0.1, -0.05) is 40.2 Å². The van der Waals surface area contributed by atoms with Gasteiger partial charge < -0.3 is 14.5 Å². The van der Waals surface area contributed by atoms with Gasteiger partial charge in [-0.3, -0.25) is 4.57 Å². The zero-order chi connectivity index (χ0) is 20.1. The highest BCUT2D eigenvalue weighted by molar-refractivity contribution is 9.10. The topological polar surface area (TPSA) is 66.8 Å². The number of benzene rings is 2. The molecule has 0 bridgehead atoms. The Morgan fingerprint density at radius 1 is 1.11 bits per heavy atom. The van der Waals surface area contributed by atoms with Crippen LogP contribution in [0.5, 0.6) is 0 Å². The summed E-state index contributed by atoms with van der Waals surface area (Å²) in [7, 11) is -5.61. The largest absolute Gasteiger partial charge is 0.399 e. The minimum atomic E-state index is -5.61. The fourth-order valence-electron chi connectivity index (χ4n) is 2.13. The second-order valence-corrected chi connectivity index (χ2v) is 9.24. The lowest BCUT2D eigenvalue weighted by Crippen LogP contribution is -2.14. The fourth-order valence-corrected chi connectivity index (χ4v) is 4.27. The molecule has 0 atom stereocenters. The SMILES string of the molecule is O=P(O)(O)C(F)(F)c1ccc(COCCSCc2ccc(F)cc2)cc1Br. The summed E-state index contributed by atoms with van der Waals surface area (Å²) in [5.74, 6) is 1.15. The molecular formula is C17H17BrF3O4PS. The van der Waals surface area contributed by atoms with Crippen molar-refractivity contribution in [1.82, 2.24) is 0 Å². The Bertz CT molecular complexity index is 814. The molecular weight excluding hydrogens is 468 g/mol. The number of alkyl halides is 2. The van der Waals surface area contributed by atoms with E-state index in [9.17, 15) is 17.7 Å². The lowest BCUT2D eigenvalue weighted by atomic mass is 10.1. The molecule has 0 aliphatic heterocycles. The van der Waals surface area contributed by atoms with Gasteiger partial charge in [-0.15, -0.1) is 0 Å². The first-order chi connectivity index (χ1) is 12.6. The standard InChI is InChI=1S/C17H17BrF3O4PS/c18-16-9-13(3-6-15(16)17(20,21)26(22,23)24)10-25-7-8-27-11-12-1-4-14(19)5-2-12/h1-6,9H,7-8,10-11H2,(H2,22,23,24). The average molecular weight is 485 g/mol. The first-order valence-corrected chi connectivity index (χ1v) is 11.3. The van der Waals surface area contributed by atoms with Crippen molar-refractivity contribution < 1.29 is 32.3 Å². The molecule has 4 nitrogen and oxygen atoms in total. The summed E-state index contributed by atoms with van der Waals surface area (Å²) in [4.78, 5) is 17.6. The minimum absolute atomic E-state index is 0.0948. The van der Waals surface area contributed by atoms with Crippen LogP contribution in [0.15, 0.2) is 46.9 Å². The summed E-state index contributed by atoms with van der Waals surface area (Å²) in [6, 6.07) is 9.92. The molecule has 0 fully saturated rings. The van der Waals surface area contributed by atoms with Crippen molar-refractivity contribution in [2.45, 2.75) is 18.0 Å². The van der Waals surface area contributed by atoms with Crippen molar-refractivity contribution in [3.05, 3.63) is 69.4 Å². The summed E-state index contributed by atoms with van der Waals surface area (Å²) in [6.07, 6.45) is 0. The molecule has 0 amide bonds. The molecule has 0 saturated carbocycles. The van der Waals surface area contributed by atoms with E-state index in [-0.39, 0.29) is 16.9 Å². The van der Waals surface area contributed by atoms with Crippen molar-refractivity contribution in [1.29, 1.82) is 0 Å². The van der Waals surface area contributed by atoms with Gasteiger partial charge in [-0.25, -0.2) is 4.39 Å². The van der Waals surface area contributed by atoms with Crippen LogP contribution in [0.25, 0.3) is 0 Å². The minimum Gasteiger partial charge on any atom is -0.376 e. The number of ether oxygens (including phenoxy) is 1. The summed E-state index contributed by atoms with van der Waals surface area (Å²) in [5.41, 5.74) is -3.43. The van der Waals surface area contributed by atoms with Gasteiger partial charge in [0.1, 0.15) is 5.82 Å². The van der Waals surface area contributed by atoms with Crippen molar-refractivity contribution in [2.24, 2.45) is 0 Å². The van der Waals surface area contributed by atoms with Gasteiger partial charge in [0.15, 0.2) is 0 Å². The number of hydrogen-bond donors (Lipinski definition) is 2. The molecule has 0 spiro atoms. The van der Waals surface area contributed by atoms with Gasteiger partial charge >= 0.3 is 13.3 Å². The van der Waals surface area contributed by atoms with Gasteiger partial charge in [0, 0.05) is 21.5 Å². The first-order valence-electron chi connectivity index (χ1n) is 7.73. The monoisotopic (exact) mass is 484 g/mol. The zero-order valence-electron chi connectivity index (χ0n) is 13.9. The van der Waals surface area contributed by atoms with E-state index in [1.54, 1.807) is 23.9 Å². The predicted octanol–water partition coefficient (Wildman–Crippen LogP) is 5.27. The molecule has 2 rings (SSSR count). The van der Waals surface area contributed by atoms with Gasteiger partial charge in [-0.2, -0.15) is 20.5 Å². The Labute approximate surface area is 167 Å². The summed E-state index contributed by atoms with van der Waals surface area (Å²) in [5, 5.41) is 0. The third-order valence-electron chi connectivity index (χ3n) is 3.55. The molecule has 0 aliphatic rings. The van der Waals surface area contributed by atoms with Gasteiger partial charge in [0.2, 0.25) is 0 Å². The second kappa shape index (κ2) is 9.58. The van der Waals surface area contributed by atoms with E-state index in [2.05, 4.69) is 15.9 Å². The molecule has 148 valence electrons. The molecule has 2 aromatic rings. The van der Waals surface area contributed by atoms with E-state index in [4.69, 9.17) is 14.5 Å². The summed E-state index contributed by atoms with van der Waals surface area (Å²) >= 11 is 4.55. The van der Waals surface area contributed by atoms with Crippen LogP contribution in [-0.4, -0.2) is 22.1 Å². The van der Waals surface area contributed by atoms with E-state index in [1.807, 2.05) is 0 Å². The Morgan fingerprint density at radius 3 is 2.33 bits per heavy atom. The number of hydrogen-bond acceptors (Lipinski definition) is 3. The van der Waals surface area contributed by atoms with Crippen LogP contribution in [0.3, 0.4) is 0 Å². The third kappa shape index (κ3) is 6.34. The molecule has 2 N–H and O–H groups in total. The molecule has 0 radical (unpaired) electrons. The average Bonchev–Trinajstić information content (AvgIpc) is 2.58. The maximum absolute atomic E-state index is 13.8. The van der Waals surface area contributed by atoms with Crippen molar-refractivity contribution in [3.8, 4) is 0 Å². The van der Waals surface area contributed by atoms with E-state index < -0.39 is 18.8 Å². The quantitative estimate of drug-likeness (QED) is 0.375. The maximum atomic E-state index is 13.8. The molecule has 0 saturated heterocycles. The number of rotatable bonds is 9. The van der Waals surface area contributed by atoms with Crippen LogP contribution in [0.1, 0.15) is 16.7 Å². The van der Waals surface area contributed by atoms with Gasteiger partial charge in [-0.05, 0) is 29.3 Å². The van der Waals surface area contributed by atoms with Crippen LogP contribution in [0.2, 0.25) is 0 Å². The highest BCUT2D eigenvalue weighted by Crippen LogP contribution is 2.60. The second-order valence-electron chi connectivity index (χ2n) is 5.63. The van der Waals surface area contributed by atoms with Gasteiger partial charge in [0.25, 0.3) is 0 Å². The number of thioether (sulfide) groups is 1. The third-order valence-corrected chi connectivity index (χ3v) is 6.17. The van der Waals surface area contributed by atoms with Crippen molar-refractivity contribution in [2.75, 3.05) is 12.4 Å². The molecule has 0 unspecified atom stereocenters. The van der Waals surface area contributed by atoms with Crippen LogP contribution in [-0.2, 0) is 27.3 Å². The molecule has 27 heavy (non-hydrogen) atoms. The fraction of sp³-hybridized carbons (Fsp3) is 0.294. The first kappa shape index (κ1) is 22.5. The Morgan fingerprint density at radius 2 is 1.74 bits per heavy atom. The molecule has 2 aromatic carbocycles. The predicted molar refractivity (Wildman–Crippen MR) is 102 cm³/mol. The van der Waals surface area contributed by atoms with Gasteiger partial charge in [0.05, 0.1) is 13.2 Å². The Kier molecular flexibility index (Phi) is 7.97. The van der Waals surface area contributed by atoms with Crippen molar-refractivity contribution in [3.63, 3.8) is 0 Å². The van der Waals surface area contributed by atoms with E-state index in [1.165, 1.54) is 24.3 Å². The van der Waals surface area contributed by atoms with Crippen LogP contribution >= 0.6 is 35.3 Å². The van der Waals surface area contributed by atoms with Crippen LogP contribution in [0.4, 0.5) is 13.2 Å². The molecule has 0 aromatic heterocycles. The van der Waals surface area contributed by atoms with E-state index >= 15 is 0 Å². The van der Waals surface area contributed by atoms with Crippen molar-refractivity contribution >= 4 is 35.3 Å². The lowest BCUT2D eigenvalue weighted by Gasteiger charge is -2.19. The zero-order valence-corrected chi connectivity index (χ0v) is 17.2. The number of halogens is 4. The van der Waals surface area contributed by atoms with E-state index in [0.717, 1.165) is 17.4 Å². The smallest absolute Gasteiger partial charge is 0.376 e. The Hall–Kier alpha value is -0.830. The van der Waals surface area contributed by atoms with Crippen LogP contribution < -0.4 is 0 Å². The highest BCUT2D eigenvalue weighted by Gasteiger charge is 2.51. The van der Waals surface area contributed by atoms with E-state index in [0.29, 0.717) is 17.9 Å². The molecule has 0 heterocycles. The maximum Gasteiger partial charge on any atom is 0.399 e. The Balaban J connectivity index is 1.79. The summed E-state index contributed by atoms with van der Waals surface area (Å²) in [6.45, 7) is 0.612. The summed E-state index contributed by atoms with van der Waals surface area (Å²) < 4.78 is 56.7. The lowest BCUT2D eigenvalue weighted by molar-refractivity contribution is 0.0556. The van der Waals surface area contributed by atoms with Crippen LogP contribution in [0, 0.1) is 5.82 Å². The highest BCUT2D eigenvalue weighted by atomic mass is 79.9. The normalized spacial score (nSPS) is 12.4. The molecule has 0 aliphatic carbocycles. The molecule has 10 heteroatoms.